The zero-order valence-electron chi connectivity index (χ0n) is 38.7. The fraction of sp³-hybridized carbons (Fsp3) is 0.648. The molecular formula is C54H88O6. The van der Waals surface area contributed by atoms with Crippen molar-refractivity contribution in [2.45, 2.75) is 213 Å². The summed E-state index contributed by atoms with van der Waals surface area (Å²) in [7, 11) is 0. The molecule has 0 aromatic heterocycles. The Hall–Kier alpha value is -3.67. The average Bonchev–Trinajstić information content (AvgIpc) is 3.24. The van der Waals surface area contributed by atoms with Gasteiger partial charge in [-0.2, -0.15) is 0 Å². The van der Waals surface area contributed by atoms with Crippen molar-refractivity contribution in [3.05, 3.63) is 97.2 Å². The van der Waals surface area contributed by atoms with Crippen molar-refractivity contribution in [1.29, 1.82) is 0 Å². The summed E-state index contributed by atoms with van der Waals surface area (Å²) >= 11 is 0. The molecule has 0 aromatic carbocycles. The minimum atomic E-state index is -0.803. The fourth-order valence-corrected chi connectivity index (χ4v) is 6.32. The van der Waals surface area contributed by atoms with Gasteiger partial charge in [-0.05, 0) is 89.9 Å². The normalized spacial score (nSPS) is 12.9. The maximum atomic E-state index is 12.8. The molecule has 0 aliphatic heterocycles. The Bertz CT molecular complexity index is 1230. The molecule has 0 saturated carbocycles. The summed E-state index contributed by atoms with van der Waals surface area (Å²) < 4.78 is 16.7. The molecule has 1 unspecified atom stereocenters. The van der Waals surface area contributed by atoms with Crippen molar-refractivity contribution in [3.8, 4) is 0 Å². The highest BCUT2D eigenvalue weighted by Gasteiger charge is 2.19. The van der Waals surface area contributed by atoms with E-state index in [-0.39, 0.29) is 31.1 Å². The quantitative estimate of drug-likeness (QED) is 0.0200. The van der Waals surface area contributed by atoms with E-state index in [1.54, 1.807) is 0 Å². The Labute approximate surface area is 368 Å². The minimum absolute atomic E-state index is 0.102. The molecule has 0 radical (unpaired) electrons. The molecule has 0 heterocycles. The zero-order chi connectivity index (χ0) is 43.7. The second-order valence-electron chi connectivity index (χ2n) is 15.7. The van der Waals surface area contributed by atoms with Crippen LogP contribution >= 0.6 is 0 Å². The van der Waals surface area contributed by atoms with Gasteiger partial charge in [0.15, 0.2) is 6.10 Å². The molecule has 60 heavy (non-hydrogen) atoms. The molecule has 6 heteroatoms. The Kier molecular flexibility index (Phi) is 45.1. The van der Waals surface area contributed by atoms with Gasteiger partial charge in [0, 0.05) is 19.3 Å². The number of rotatable bonds is 42. The van der Waals surface area contributed by atoms with Gasteiger partial charge in [0.2, 0.25) is 0 Å². The lowest BCUT2D eigenvalue weighted by atomic mass is 10.1. The Morgan fingerprint density at radius 3 is 1.23 bits per heavy atom. The summed E-state index contributed by atoms with van der Waals surface area (Å²) in [5.41, 5.74) is 0. The molecule has 0 aliphatic rings. The van der Waals surface area contributed by atoms with Crippen molar-refractivity contribution in [3.63, 3.8) is 0 Å². The van der Waals surface area contributed by atoms with Crippen LogP contribution in [-0.2, 0) is 28.6 Å². The van der Waals surface area contributed by atoms with E-state index in [1.165, 1.54) is 64.2 Å². The molecule has 0 rings (SSSR count). The van der Waals surface area contributed by atoms with Crippen molar-refractivity contribution < 1.29 is 28.6 Å². The zero-order valence-corrected chi connectivity index (χ0v) is 38.7. The molecule has 6 nitrogen and oxygen atoms in total. The molecule has 0 N–H and O–H groups in total. The highest BCUT2D eigenvalue weighted by molar-refractivity contribution is 5.71. The Morgan fingerprint density at radius 2 is 0.733 bits per heavy atom. The number of unbranched alkanes of at least 4 members (excludes halogenated alkanes) is 19. The first kappa shape index (κ1) is 56.3. The largest absolute Gasteiger partial charge is 0.462 e. The Balaban J connectivity index is 4.50. The van der Waals surface area contributed by atoms with Crippen LogP contribution < -0.4 is 0 Å². The number of hydrogen-bond donors (Lipinski definition) is 0. The van der Waals surface area contributed by atoms with Gasteiger partial charge in [-0.15, -0.1) is 0 Å². The van der Waals surface area contributed by atoms with Gasteiger partial charge >= 0.3 is 17.9 Å². The molecule has 1 atom stereocenters. The lowest BCUT2D eigenvalue weighted by molar-refractivity contribution is -0.167. The first-order valence-corrected chi connectivity index (χ1v) is 24.3. The second kappa shape index (κ2) is 48.0. The standard InChI is InChI=1S/C54H88O6/c1-4-7-10-13-16-19-22-25-27-29-32-35-38-41-44-47-53(56)59-50-51(49-58-52(55)46-43-40-37-34-31-24-21-18-15-12-9-6-3)60-54(57)48-45-42-39-36-33-30-28-26-23-20-17-14-11-8-5-2/h7,9-10,12-13,16,18-23,25,27,29,32,51H,4-6,8,11,14-15,17,24,26,28,30-31,33-50H2,1-3H3/b10-7-,12-9-,16-13-,21-18-,22-19-,23-20-,27-25-,32-29-. The number of carbonyl (C=O) groups is 3. The van der Waals surface area contributed by atoms with Gasteiger partial charge in [-0.1, -0.05) is 195 Å². The first-order chi connectivity index (χ1) is 29.5. The topological polar surface area (TPSA) is 78.9 Å². The van der Waals surface area contributed by atoms with Crippen LogP contribution in [-0.4, -0.2) is 37.2 Å². The van der Waals surface area contributed by atoms with Crippen LogP contribution in [0.2, 0.25) is 0 Å². The highest BCUT2D eigenvalue weighted by Crippen LogP contribution is 2.13. The van der Waals surface area contributed by atoms with E-state index in [9.17, 15) is 14.4 Å². The monoisotopic (exact) mass is 833 g/mol. The predicted molar refractivity (Wildman–Crippen MR) is 256 cm³/mol. The molecule has 0 aromatic rings. The van der Waals surface area contributed by atoms with Crippen molar-refractivity contribution >= 4 is 17.9 Å². The summed E-state index contributed by atoms with van der Waals surface area (Å²) in [6.45, 7) is 6.30. The first-order valence-electron chi connectivity index (χ1n) is 24.3. The maximum Gasteiger partial charge on any atom is 0.306 e. The van der Waals surface area contributed by atoms with Crippen LogP contribution in [0.3, 0.4) is 0 Å². The van der Waals surface area contributed by atoms with Crippen LogP contribution in [0.25, 0.3) is 0 Å². The fourth-order valence-electron chi connectivity index (χ4n) is 6.32. The van der Waals surface area contributed by atoms with Crippen LogP contribution in [0.1, 0.15) is 207 Å². The van der Waals surface area contributed by atoms with E-state index in [2.05, 4.69) is 69.4 Å². The molecule has 0 fully saturated rings. The summed E-state index contributed by atoms with van der Waals surface area (Å²) in [6, 6.07) is 0. The summed E-state index contributed by atoms with van der Waals surface area (Å²) in [6.07, 6.45) is 62.4. The third-order valence-electron chi connectivity index (χ3n) is 9.93. The van der Waals surface area contributed by atoms with Gasteiger partial charge < -0.3 is 14.2 Å². The van der Waals surface area contributed by atoms with Crippen LogP contribution in [0.15, 0.2) is 97.2 Å². The molecule has 0 aliphatic carbocycles. The number of ether oxygens (including phenoxy) is 3. The second-order valence-corrected chi connectivity index (χ2v) is 15.7. The molecule has 0 saturated heterocycles. The number of carbonyl (C=O) groups excluding carboxylic acids is 3. The van der Waals surface area contributed by atoms with E-state index in [1.807, 2.05) is 48.6 Å². The molecule has 340 valence electrons. The van der Waals surface area contributed by atoms with Gasteiger partial charge in [0.25, 0.3) is 0 Å². The van der Waals surface area contributed by atoms with Crippen LogP contribution in [0, 0.1) is 0 Å². The smallest absolute Gasteiger partial charge is 0.306 e. The third-order valence-corrected chi connectivity index (χ3v) is 9.93. The van der Waals surface area contributed by atoms with E-state index in [0.29, 0.717) is 19.3 Å². The molecule has 0 amide bonds. The van der Waals surface area contributed by atoms with Crippen LogP contribution in [0.5, 0.6) is 0 Å². The third kappa shape index (κ3) is 45.4. The van der Waals surface area contributed by atoms with Gasteiger partial charge in [-0.25, -0.2) is 0 Å². The van der Waals surface area contributed by atoms with Gasteiger partial charge in [0.05, 0.1) is 0 Å². The van der Waals surface area contributed by atoms with E-state index < -0.39 is 6.10 Å². The predicted octanol–water partition coefficient (Wildman–Crippen LogP) is 15.8. The summed E-state index contributed by atoms with van der Waals surface area (Å²) in [5.74, 6) is -0.969. The number of esters is 3. The molecule has 0 bridgehead atoms. The van der Waals surface area contributed by atoms with Crippen LogP contribution in [0.4, 0.5) is 0 Å². The average molecular weight is 833 g/mol. The van der Waals surface area contributed by atoms with Crippen molar-refractivity contribution in [2.24, 2.45) is 0 Å². The van der Waals surface area contributed by atoms with Crippen molar-refractivity contribution in [2.75, 3.05) is 13.2 Å². The van der Waals surface area contributed by atoms with E-state index >= 15 is 0 Å². The number of allylic oxidation sites excluding steroid dienone is 16. The van der Waals surface area contributed by atoms with Gasteiger partial charge in [-0.3, -0.25) is 14.4 Å². The highest BCUT2D eigenvalue weighted by atomic mass is 16.6. The molecule has 0 spiro atoms. The Morgan fingerprint density at radius 1 is 0.367 bits per heavy atom. The molecular weight excluding hydrogens is 745 g/mol. The van der Waals surface area contributed by atoms with Gasteiger partial charge in [0.1, 0.15) is 13.2 Å². The SMILES string of the molecule is CC\C=C/C=C\C=C/C=C\C=C/CCCCCC(=O)OCC(COC(=O)CCCCCCC/C=C\C/C=C\CC)OC(=O)CCCCCCCCC/C=C\CCCCCC. The summed E-state index contributed by atoms with van der Waals surface area (Å²) in [4.78, 5) is 37.9. The number of hydrogen-bond acceptors (Lipinski definition) is 6. The summed E-state index contributed by atoms with van der Waals surface area (Å²) in [5, 5.41) is 0. The minimum Gasteiger partial charge on any atom is -0.462 e. The van der Waals surface area contributed by atoms with E-state index in [4.69, 9.17) is 14.2 Å². The lowest BCUT2D eigenvalue weighted by Crippen LogP contribution is -2.30. The maximum absolute atomic E-state index is 12.8. The van der Waals surface area contributed by atoms with Crippen molar-refractivity contribution in [1.82, 2.24) is 0 Å². The van der Waals surface area contributed by atoms with E-state index in [0.717, 1.165) is 103 Å². The lowest BCUT2D eigenvalue weighted by Gasteiger charge is -2.18.